The van der Waals surface area contributed by atoms with Crippen molar-refractivity contribution in [3.8, 4) is 0 Å². The summed E-state index contributed by atoms with van der Waals surface area (Å²) in [5.41, 5.74) is 2.17. The number of carbonyl (C=O) groups excluding carboxylic acids is 1. The summed E-state index contributed by atoms with van der Waals surface area (Å²) < 4.78 is 0. The lowest BCUT2D eigenvalue weighted by molar-refractivity contribution is -0.131. The van der Waals surface area contributed by atoms with Gasteiger partial charge in [0.15, 0.2) is 0 Å². The summed E-state index contributed by atoms with van der Waals surface area (Å²) in [7, 11) is 0. The van der Waals surface area contributed by atoms with Crippen molar-refractivity contribution in [3.05, 3.63) is 51.5 Å². The molecule has 5 nitrogen and oxygen atoms in total. The summed E-state index contributed by atoms with van der Waals surface area (Å²) in [5.74, 6) is 0.0763. The zero-order chi connectivity index (χ0) is 17.8. The van der Waals surface area contributed by atoms with Crippen LogP contribution in [0, 0.1) is 13.8 Å². The number of aliphatic hydroxyl groups is 1. The minimum atomic E-state index is -0.514. The Labute approximate surface area is 152 Å². The molecule has 0 spiro atoms. The van der Waals surface area contributed by atoms with E-state index in [-0.39, 0.29) is 5.91 Å². The molecule has 2 aromatic rings. The first kappa shape index (κ1) is 18.0. The monoisotopic (exact) mass is 359 g/mol. The fraction of sp³-hybridized carbons (Fsp3) is 0.474. The van der Waals surface area contributed by atoms with Crippen molar-refractivity contribution in [3.63, 3.8) is 0 Å². The number of thiazole rings is 1. The van der Waals surface area contributed by atoms with Gasteiger partial charge in [-0.25, -0.2) is 4.98 Å². The summed E-state index contributed by atoms with van der Waals surface area (Å²) in [5, 5.41) is 11.3. The Morgan fingerprint density at radius 3 is 2.68 bits per heavy atom. The van der Waals surface area contributed by atoms with Gasteiger partial charge in [0.05, 0.1) is 23.2 Å². The number of hydrogen-bond donors (Lipinski definition) is 1. The summed E-state index contributed by atoms with van der Waals surface area (Å²) in [6.07, 6.45) is -0.137. The third-order valence-corrected chi connectivity index (χ3v) is 5.57. The van der Waals surface area contributed by atoms with Crippen LogP contribution in [-0.2, 0) is 17.8 Å². The first-order chi connectivity index (χ1) is 12.0. The van der Waals surface area contributed by atoms with Gasteiger partial charge in [0.25, 0.3) is 0 Å². The number of carbonyl (C=O) groups is 1. The van der Waals surface area contributed by atoms with Gasteiger partial charge in [-0.2, -0.15) is 0 Å². The quantitative estimate of drug-likeness (QED) is 0.907. The molecule has 1 aliphatic rings. The fourth-order valence-corrected chi connectivity index (χ4v) is 4.18. The predicted molar refractivity (Wildman–Crippen MR) is 99.6 cm³/mol. The van der Waals surface area contributed by atoms with Crippen molar-refractivity contribution < 1.29 is 9.90 Å². The van der Waals surface area contributed by atoms with Gasteiger partial charge < -0.3 is 10.0 Å². The Morgan fingerprint density at radius 2 is 2.00 bits per heavy atom. The van der Waals surface area contributed by atoms with Gasteiger partial charge in [-0.1, -0.05) is 30.3 Å². The van der Waals surface area contributed by atoms with E-state index in [2.05, 4.69) is 22.0 Å². The van der Waals surface area contributed by atoms with E-state index < -0.39 is 6.10 Å². The maximum atomic E-state index is 12.7. The maximum Gasteiger partial charge on any atom is 0.228 e. The minimum Gasteiger partial charge on any atom is -0.390 e. The molecule has 0 aliphatic carbocycles. The number of hydrogen-bond acceptors (Lipinski definition) is 5. The molecular weight excluding hydrogens is 334 g/mol. The van der Waals surface area contributed by atoms with Crippen LogP contribution in [0.15, 0.2) is 30.3 Å². The number of aryl methyl sites for hydroxylation is 2. The zero-order valence-corrected chi connectivity index (χ0v) is 15.6. The van der Waals surface area contributed by atoms with Crippen molar-refractivity contribution in [2.24, 2.45) is 0 Å². The lowest BCUT2D eigenvalue weighted by Gasteiger charge is -2.21. The molecule has 1 amide bonds. The van der Waals surface area contributed by atoms with Crippen LogP contribution >= 0.6 is 11.3 Å². The number of rotatable bonds is 4. The fourth-order valence-electron chi connectivity index (χ4n) is 3.25. The largest absolute Gasteiger partial charge is 0.390 e. The Bertz CT molecular complexity index is 717. The lowest BCUT2D eigenvalue weighted by Crippen LogP contribution is -2.38. The highest BCUT2D eigenvalue weighted by atomic mass is 32.1. The highest BCUT2D eigenvalue weighted by molar-refractivity contribution is 7.11. The number of benzene rings is 1. The van der Waals surface area contributed by atoms with Crippen molar-refractivity contribution >= 4 is 17.2 Å². The molecule has 3 rings (SSSR count). The average Bonchev–Trinajstić information content (AvgIpc) is 2.77. The molecule has 0 radical (unpaired) electrons. The third-order valence-electron chi connectivity index (χ3n) is 4.50. The van der Waals surface area contributed by atoms with Crippen LogP contribution in [0.3, 0.4) is 0 Å². The summed E-state index contributed by atoms with van der Waals surface area (Å²) >= 11 is 1.58. The van der Waals surface area contributed by atoms with E-state index in [0.29, 0.717) is 26.1 Å². The number of aliphatic hydroxyl groups excluding tert-OH is 1. The lowest BCUT2D eigenvalue weighted by atomic mass is 10.2. The minimum absolute atomic E-state index is 0.0763. The molecule has 6 heteroatoms. The predicted octanol–water partition coefficient (Wildman–Crippen LogP) is 2.01. The second-order valence-corrected chi connectivity index (χ2v) is 7.92. The van der Waals surface area contributed by atoms with Crippen molar-refractivity contribution in [2.45, 2.75) is 32.9 Å². The van der Waals surface area contributed by atoms with Crippen LogP contribution in [0.1, 0.15) is 21.1 Å². The number of β-amino-alcohol motifs (C(OH)–C–C–N with tert-alkyl or cyclic N) is 1. The molecule has 1 aromatic heterocycles. The van der Waals surface area contributed by atoms with Crippen LogP contribution < -0.4 is 0 Å². The van der Waals surface area contributed by atoms with Crippen molar-refractivity contribution in [1.82, 2.24) is 14.8 Å². The smallest absolute Gasteiger partial charge is 0.228 e. The highest BCUT2D eigenvalue weighted by Crippen LogP contribution is 2.19. The highest BCUT2D eigenvalue weighted by Gasteiger charge is 2.25. The molecule has 1 aliphatic heterocycles. The Morgan fingerprint density at radius 1 is 1.24 bits per heavy atom. The SMILES string of the molecule is Cc1nc(C)c(CC(=O)N2CCN(Cc3ccccc3)CC(O)C2)s1. The molecule has 0 bridgehead atoms. The number of aromatic nitrogens is 1. The average molecular weight is 359 g/mol. The van der Waals surface area contributed by atoms with E-state index >= 15 is 0 Å². The first-order valence-electron chi connectivity index (χ1n) is 8.66. The molecule has 0 saturated carbocycles. The van der Waals surface area contributed by atoms with Gasteiger partial charge >= 0.3 is 0 Å². The molecule has 1 aromatic carbocycles. The topological polar surface area (TPSA) is 56.7 Å². The van der Waals surface area contributed by atoms with Crippen LogP contribution in [0.5, 0.6) is 0 Å². The van der Waals surface area contributed by atoms with Gasteiger partial charge in [-0.15, -0.1) is 11.3 Å². The molecule has 1 atom stereocenters. The number of amides is 1. The first-order valence-corrected chi connectivity index (χ1v) is 9.48. The van der Waals surface area contributed by atoms with Crippen LogP contribution in [0.2, 0.25) is 0 Å². The molecular formula is C19H25N3O2S. The second kappa shape index (κ2) is 8.08. The normalized spacial score (nSPS) is 19.0. The molecule has 134 valence electrons. The van der Waals surface area contributed by atoms with Gasteiger partial charge in [0.1, 0.15) is 0 Å². The van der Waals surface area contributed by atoms with Gasteiger partial charge in [0, 0.05) is 37.6 Å². The van der Waals surface area contributed by atoms with Gasteiger partial charge in [-0.3, -0.25) is 9.69 Å². The van der Waals surface area contributed by atoms with E-state index in [1.54, 1.807) is 16.2 Å². The molecule has 1 N–H and O–H groups in total. The van der Waals surface area contributed by atoms with Gasteiger partial charge in [-0.05, 0) is 19.4 Å². The van der Waals surface area contributed by atoms with Gasteiger partial charge in [0.2, 0.25) is 5.91 Å². The maximum absolute atomic E-state index is 12.7. The molecule has 1 unspecified atom stereocenters. The van der Waals surface area contributed by atoms with Crippen LogP contribution in [0.4, 0.5) is 0 Å². The van der Waals surface area contributed by atoms with E-state index in [0.717, 1.165) is 28.7 Å². The van der Waals surface area contributed by atoms with Crippen molar-refractivity contribution in [2.75, 3.05) is 26.2 Å². The summed E-state index contributed by atoms with van der Waals surface area (Å²) in [6.45, 7) is 7.14. The summed E-state index contributed by atoms with van der Waals surface area (Å²) in [6, 6.07) is 10.2. The van der Waals surface area contributed by atoms with Crippen LogP contribution in [-0.4, -0.2) is 58.1 Å². The standard InChI is InChI=1S/C19H25N3O2S/c1-14-18(25-15(2)20-14)10-19(24)22-9-8-21(12-17(23)13-22)11-16-6-4-3-5-7-16/h3-7,17,23H,8-13H2,1-2H3. The number of nitrogens with zero attached hydrogens (tertiary/aromatic N) is 3. The third kappa shape index (κ3) is 4.87. The molecule has 25 heavy (non-hydrogen) atoms. The van der Waals surface area contributed by atoms with E-state index in [1.165, 1.54) is 5.56 Å². The molecule has 1 fully saturated rings. The molecule has 1 saturated heterocycles. The molecule has 2 heterocycles. The van der Waals surface area contributed by atoms with Crippen LogP contribution in [0.25, 0.3) is 0 Å². The second-order valence-electron chi connectivity index (χ2n) is 6.63. The Balaban J connectivity index is 1.60. The summed E-state index contributed by atoms with van der Waals surface area (Å²) in [4.78, 5) is 22.1. The Hall–Kier alpha value is -1.76. The Kier molecular flexibility index (Phi) is 5.83. The van der Waals surface area contributed by atoms with Crippen molar-refractivity contribution in [1.29, 1.82) is 0 Å². The zero-order valence-electron chi connectivity index (χ0n) is 14.8. The van der Waals surface area contributed by atoms with E-state index in [9.17, 15) is 9.90 Å². The van der Waals surface area contributed by atoms with E-state index in [4.69, 9.17) is 0 Å². The van der Waals surface area contributed by atoms with E-state index in [1.807, 2.05) is 32.0 Å².